The second kappa shape index (κ2) is 10.5. The molecule has 23 heavy (non-hydrogen) atoms. The van der Waals surface area contributed by atoms with Crippen LogP contribution in [0.15, 0.2) is 0 Å². The Hall–Kier alpha value is -1.27. The van der Waals surface area contributed by atoms with Crippen LogP contribution in [0.1, 0.15) is 53.9 Å². The van der Waals surface area contributed by atoms with Gasteiger partial charge in [0.25, 0.3) is 0 Å². The van der Waals surface area contributed by atoms with E-state index in [9.17, 15) is 14.4 Å². The second-order valence-electron chi connectivity index (χ2n) is 7.11. The molecular formula is C17H33N3O3. The molecular weight excluding hydrogens is 294 g/mol. The van der Waals surface area contributed by atoms with Crippen LogP contribution in [-0.4, -0.2) is 36.1 Å². The van der Waals surface area contributed by atoms with Gasteiger partial charge in [0.15, 0.2) is 11.6 Å². The fraction of sp³-hybridized carbons (Fsp3) is 0.824. The van der Waals surface area contributed by atoms with Gasteiger partial charge in [-0.05, 0) is 31.6 Å². The number of Topliss-reactive ketones (excluding diaryl/α,β-unsaturated/α-hetero) is 2. The Kier molecular flexibility index (Phi) is 9.91. The molecule has 0 spiro atoms. The first kappa shape index (κ1) is 21.7. The molecule has 3 atom stereocenters. The van der Waals surface area contributed by atoms with Gasteiger partial charge in [0.05, 0.1) is 18.0 Å². The zero-order valence-corrected chi connectivity index (χ0v) is 15.1. The van der Waals surface area contributed by atoms with Gasteiger partial charge in [0.1, 0.15) is 0 Å². The fourth-order valence-corrected chi connectivity index (χ4v) is 2.20. The second-order valence-corrected chi connectivity index (χ2v) is 7.11. The standard InChI is InChI=1S/C17H33N3O3/c1-10(2)6-7-20-17(23)12(5)16(22)14(19)9-15(21)13(18)8-11(3)4/h10-14H,6-9,18-19H2,1-5H3,(H,20,23). The van der Waals surface area contributed by atoms with Gasteiger partial charge in [-0.3, -0.25) is 14.4 Å². The summed E-state index contributed by atoms with van der Waals surface area (Å²) in [6.07, 6.45) is 1.29. The SMILES string of the molecule is CC(C)CCNC(=O)C(C)C(=O)C(N)CC(=O)C(N)CC(C)C. The van der Waals surface area contributed by atoms with Gasteiger partial charge in [0.2, 0.25) is 5.91 Å². The summed E-state index contributed by atoms with van der Waals surface area (Å²) in [7, 11) is 0. The van der Waals surface area contributed by atoms with Crippen LogP contribution in [-0.2, 0) is 14.4 Å². The summed E-state index contributed by atoms with van der Waals surface area (Å²) in [6.45, 7) is 10.1. The lowest BCUT2D eigenvalue weighted by Crippen LogP contribution is -2.45. The molecule has 6 heteroatoms. The van der Waals surface area contributed by atoms with E-state index in [0.29, 0.717) is 24.8 Å². The predicted molar refractivity (Wildman–Crippen MR) is 91.7 cm³/mol. The predicted octanol–water partition coefficient (Wildman–Crippen LogP) is 1.01. The van der Waals surface area contributed by atoms with Crippen molar-refractivity contribution in [3.8, 4) is 0 Å². The van der Waals surface area contributed by atoms with E-state index in [1.165, 1.54) is 6.92 Å². The van der Waals surface area contributed by atoms with E-state index in [0.717, 1.165) is 6.42 Å². The minimum atomic E-state index is -0.980. The van der Waals surface area contributed by atoms with Crippen LogP contribution in [0.2, 0.25) is 0 Å². The summed E-state index contributed by atoms with van der Waals surface area (Å²) in [4.78, 5) is 36.1. The van der Waals surface area contributed by atoms with Crippen LogP contribution in [0.3, 0.4) is 0 Å². The quantitative estimate of drug-likeness (QED) is 0.490. The number of nitrogens with one attached hydrogen (secondary N) is 1. The lowest BCUT2D eigenvalue weighted by molar-refractivity contribution is -0.135. The molecule has 0 aromatic rings. The highest BCUT2D eigenvalue weighted by atomic mass is 16.2. The molecule has 134 valence electrons. The fourth-order valence-electron chi connectivity index (χ4n) is 2.20. The molecule has 0 saturated carbocycles. The van der Waals surface area contributed by atoms with Crippen LogP contribution < -0.4 is 16.8 Å². The lowest BCUT2D eigenvalue weighted by Gasteiger charge is -2.18. The van der Waals surface area contributed by atoms with Gasteiger partial charge in [-0.2, -0.15) is 0 Å². The number of amides is 1. The summed E-state index contributed by atoms with van der Waals surface area (Å²) in [5, 5.41) is 2.73. The molecule has 0 radical (unpaired) electrons. The van der Waals surface area contributed by atoms with Crippen LogP contribution in [0, 0.1) is 17.8 Å². The van der Waals surface area contributed by atoms with Crippen molar-refractivity contribution in [1.82, 2.24) is 5.32 Å². The smallest absolute Gasteiger partial charge is 0.230 e. The van der Waals surface area contributed by atoms with Gasteiger partial charge < -0.3 is 16.8 Å². The average molecular weight is 327 g/mol. The van der Waals surface area contributed by atoms with Gasteiger partial charge in [-0.25, -0.2) is 0 Å². The normalized spacial score (nSPS) is 15.3. The van der Waals surface area contributed by atoms with Crippen molar-refractivity contribution in [2.45, 2.75) is 66.0 Å². The van der Waals surface area contributed by atoms with E-state index in [1.807, 2.05) is 13.8 Å². The maximum atomic E-state index is 12.2. The number of carbonyl (C=O) groups is 3. The summed E-state index contributed by atoms with van der Waals surface area (Å²) in [5.74, 6) is -1.07. The maximum Gasteiger partial charge on any atom is 0.230 e. The third-order valence-electron chi connectivity index (χ3n) is 3.77. The van der Waals surface area contributed by atoms with Crippen molar-refractivity contribution in [1.29, 1.82) is 0 Å². The van der Waals surface area contributed by atoms with Crippen LogP contribution in [0.5, 0.6) is 0 Å². The Labute approximate surface area is 139 Å². The zero-order valence-electron chi connectivity index (χ0n) is 15.1. The zero-order chi connectivity index (χ0) is 18.2. The third kappa shape index (κ3) is 8.81. The molecule has 0 rings (SSSR count). The van der Waals surface area contributed by atoms with E-state index in [1.54, 1.807) is 0 Å². The van der Waals surface area contributed by atoms with E-state index in [2.05, 4.69) is 19.2 Å². The van der Waals surface area contributed by atoms with Gasteiger partial charge >= 0.3 is 0 Å². The van der Waals surface area contributed by atoms with Crippen molar-refractivity contribution >= 4 is 17.5 Å². The Balaban J connectivity index is 4.41. The summed E-state index contributed by atoms with van der Waals surface area (Å²) < 4.78 is 0. The van der Waals surface area contributed by atoms with Crippen LogP contribution in [0.4, 0.5) is 0 Å². The molecule has 1 amide bonds. The van der Waals surface area contributed by atoms with Crippen molar-refractivity contribution in [2.75, 3.05) is 6.54 Å². The largest absolute Gasteiger partial charge is 0.355 e. The summed E-state index contributed by atoms with van der Waals surface area (Å²) in [5.41, 5.74) is 11.6. The van der Waals surface area contributed by atoms with Crippen LogP contribution in [0.25, 0.3) is 0 Å². The van der Waals surface area contributed by atoms with Gasteiger partial charge in [0, 0.05) is 13.0 Å². The Morgan fingerprint density at radius 2 is 1.48 bits per heavy atom. The van der Waals surface area contributed by atoms with Crippen molar-refractivity contribution in [3.05, 3.63) is 0 Å². The Bertz CT molecular complexity index is 408. The molecule has 5 N–H and O–H groups in total. The number of rotatable bonds is 11. The molecule has 3 unspecified atom stereocenters. The van der Waals surface area contributed by atoms with Gasteiger partial charge in [-0.1, -0.05) is 27.7 Å². The summed E-state index contributed by atoms with van der Waals surface area (Å²) >= 11 is 0. The first-order chi connectivity index (χ1) is 10.6. The number of carbonyl (C=O) groups excluding carboxylic acids is 3. The van der Waals surface area contributed by atoms with Crippen molar-refractivity contribution < 1.29 is 14.4 Å². The molecule has 0 aliphatic heterocycles. The van der Waals surface area contributed by atoms with Crippen molar-refractivity contribution in [3.63, 3.8) is 0 Å². The first-order valence-electron chi connectivity index (χ1n) is 8.41. The third-order valence-corrected chi connectivity index (χ3v) is 3.77. The molecule has 0 aliphatic rings. The molecule has 0 aliphatic carbocycles. The number of ketones is 2. The molecule has 0 aromatic heterocycles. The van der Waals surface area contributed by atoms with Crippen molar-refractivity contribution in [2.24, 2.45) is 29.2 Å². The molecule has 0 aromatic carbocycles. The maximum absolute atomic E-state index is 12.2. The summed E-state index contributed by atoms with van der Waals surface area (Å²) in [6, 6.07) is -1.59. The van der Waals surface area contributed by atoms with E-state index >= 15 is 0 Å². The first-order valence-corrected chi connectivity index (χ1v) is 8.41. The molecule has 0 bridgehead atoms. The van der Waals surface area contributed by atoms with E-state index < -0.39 is 23.8 Å². The number of hydrogen-bond acceptors (Lipinski definition) is 5. The van der Waals surface area contributed by atoms with E-state index in [-0.39, 0.29) is 18.1 Å². The minimum Gasteiger partial charge on any atom is -0.355 e. The average Bonchev–Trinajstić information content (AvgIpc) is 2.44. The number of hydrogen-bond donors (Lipinski definition) is 3. The van der Waals surface area contributed by atoms with Gasteiger partial charge in [-0.15, -0.1) is 0 Å². The molecule has 0 heterocycles. The lowest BCUT2D eigenvalue weighted by atomic mass is 9.92. The Morgan fingerprint density at radius 1 is 0.913 bits per heavy atom. The highest BCUT2D eigenvalue weighted by Gasteiger charge is 2.29. The molecule has 0 saturated heterocycles. The highest BCUT2D eigenvalue weighted by molar-refractivity contribution is 6.04. The monoisotopic (exact) mass is 327 g/mol. The highest BCUT2D eigenvalue weighted by Crippen LogP contribution is 2.09. The molecule has 6 nitrogen and oxygen atoms in total. The number of nitrogens with two attached hydrogens (primary N) is 2. The Morgan fingerprint density at radius 3 is 1.96 bits per heavy atom. The molecule has 0 fully saturated rings. The minimum absolute atomic E-state index is 0.115. The van der Waals surface area contributed by atoms with Crippen LogP contribution >= 0.6 is 0 Å². The van der Waals surface area contributed by atoms with E-state index in [4.69, 9.17) is 11.5 Å². The topological polar surface area (TPSA) is 115 Å².